The molecule has 0 bridgehead atoms. The van der Waals surface area contributed by atoms with Crippen molar-refractivity contribution in [3.8, 4) is 6.07 Å². The molecule has 1 aliphatic heterocycles. The van der Waals surface area contributed by atoms with E-state index in [4.69, 9.17) is 5.26 Å². The molecule has 0 N–H and O–H groups in total. The molecule has 2 atom stereocenters. The molecule has 1 saturated heterocycles. The number of rotatable bonds is 2. The minimum absolute atomic E-state index is 0.000602. The Morgan fingerprint density at radius 2 is 2.31 bits per heavy atom. The first kappa shape index (κ1) is 10.0. The average Bonchev–Trinajstić information content (AvgIpc) is 2.47. The van der Waals surface area contributed by atoms with Gasteiger partial charge in [0.25, 0.3) is 0 Å². The predicted octanol–water partition coefficient (Wildman–Crippen LogP) is 1.69. The lowest BCUT2D eigenvalue weighted by molar-refractivity contribution is -0.132. The molecule has 1 rings (SSSR count). The Balaban J connectivity index is 2.64. The molecule has 0 aromatic rings. The molecule has 1 heterocycles. The van der Waals surface area contributed by atoms with Gasteiger partial charge < -0.3 is 4.90 Å². The van der Waals surface area contributed by atoms with Crippen LogP contribution in [0.1, 0.15) is 39.5 Å². The monoisotopic (exact) mass is 180 g/mol. The van der Waals surface area contributed by atoms with Crippen molar-refractivity contribution in [2.75, 3.05) is 0 Å². The van der Waals surface area contributed by atoms with E-state index in [1.54, 1.807) is 0 Å². The van der Waals surface area contributed by atoms with E-state index in [9.17, 15) is 4.79 Å². The Morgan fingerprint density at radius 1 is 1.62 bits per heavy atom. The summed E-state index contributed by atoms with van der Waals surface area (Å²) in [5, 5.41) is 8.44. The highest BCUT2D eigenvalue weighted by molar-refractivity contribution is 5.79. The molecule has 0 aromatic heterocycles. The molecule has 1 amide bonds. The maximum Gasteiger partial charge on any atom is 0.237 e. The van der Waals surface area contributed by atoms with Gasteiger partial charge in [0, 0.05) is 12.1 Å². The van der Waals surface area contributed by atoms with Crippen LogP contribution < -0.4 is 0 Å². The van der Waals surface area contributed by atoms with Gasteiger partial charge in [0.05, 0.1) is 6.07 Å². The van der Waals surface area contributed by atoms with E-state index in [0.717, 1.165) is 19.3 Å². The van der Waals surface area contributed by atoms with Crippen molar-refractivity contribution in [1.82, 2.24) is 4.90 Å². The topological polar surface area (TPSA) is 44.1 Å². The van der Waals surface area contributed by atoms with Gasteiger partial charge in [0.2, 0.25) is 5.91 Å². The van der Waals surface area contributed by atoms with Crippen LogP contribution >= 0.6 is 0 Å². The van der Waals surface area contributed by atoms with Gasteiger partial charge >= 0.3 is 0 Å². The smallest absolute Gasteiger partial charge is 0.237 e. The normalized spacial score (nSPS) is 27.3. The zero-order valence-electron chi connectivity index (χ0n) is 8.29. The third-order valence-corrected chi connectivity index (χ3v) is 2.78. The van der Waals surface area contributed by atoms with Crippen molar-refractivity contribution in [2.45, 2.75) is 51.6 Å². The van der Waals surface area contributed by atoms with Crippen molar-refractivity contribution in [2.24, 2.45) is 0 Å². The van der Waals surface area contributed by atoms with E-state index < -0.39 is 0 Å². The summed E-state index contributed by atoms with van der Waals surface area (Å²) >= 11 is 0. The summed E-state index contributed by atoms with van der Waals surface area (Å²) in [6.07, 6.45) is 3.20. The van der Waals surface area contributed by atoms with Crippen LogP contribution in [0.5, 0.6) is 0 Å². The second kappa shape index (κ2) is 4.27. The molecule has 1 fully saturated rings. The second-order valence-corrected chi connectivity index (χ2v) is 3.62. The molecule has 0 spiro atoms. The van der Waals surface area contributed by atoms with Crippen LogP contribution in [-0.2, 0) is 4.79 Å². The molecule has 2 unspecified atom stereocenters. The largest absolute Gasteiger partial charge is 0.336 e. The van der Waals surface area contributed by atoms with Crippen molar-refractivity contribution in [3.63, 3.8) is 0 Å². The second-order valence-electron chi connectivity index (χ2n) is 3.62. The van der Waals surface area contributed by atoms with Gasteiger partial charge in [0.15, 0.2) is 0 Å². The van der Waals surface area contributed by atoms with Crippen LogP contribution in [0.2, 0.25) is 0 Å². The summed E-state index contributed by atoms with van der Waals surface area (Å²) in [5.74, 6) is -0.000602. The van der Waals surface area contributed by atoms with E-state index in [1.807, 2.05) is 11.0 Å². The van der Waals surface area contributed by atoms with E-state index in [-0.39, 0.29) is 12.3 Å². The molecule has 1 aliphatic rings. The standard InChI is InChI=1S/C10H16N2O/c1-3-9-5-4-8(2)12(9)10(13)6-7-11/h8-9H,3-6H2,1-2H3. The highest BCUT2D eigenvalue weighted by Gasteiger charge is 2.32. The third kappa shape index (κ3) is 2.00. The number of likely N-dealkylation sites (tertiary alicyclic amines) is 1. The molecule has 0 aliphatic carbocycles. The fourth-order valence-electron chi connectivity index (χ4n) is 2.08. The van der Waals surface area contributed by atoms with Crippen LogP contribution in [0, 0.1) is 11.3 Å². The zero-order valence-corrected chi connectivity index (χ0v) is 8.29. The Hall–Kier alpha value is -1.04. The first-order valence-corrected chi connectivity index (χ1v) is 4.88. The Bertz CT molecular complexity index is 232. The minimum atomic E-state index is -0.000602. The van der Waals surface area contributed by atoms with Crippen LogP contribution in [0.25, 0.3) is 0 Å². The molecule has 72 valence electrons. The Morgan fingerprint density at radius 3 is 2.85 bits per heavy atom. The van der Waals surface area contributed by atoms with Crippen molar-refractivity contribution in [3.05, 3.63) is 0 Å². The van der Waals surface area contributed by atoms with Crippen molar-refractivity contribution < 1.29 is 4.79 Å². The van der Waals surface area contributed by atoms with Gasteiger partial charge in [-0.3, -0.25) is 4.79 Å². The van der Waals surface area contributed by atoms with Crippen LogP contribution in [0.4, 0.5) is 0 Å². The molecule has 3 nitrogen and oxygen atoms in total. The summed E-state index contributed by atoms with van der Waals surface area (Å²) in [5.41, 5.74) is 0. The maximum atomic E-state index is 11.5. The molecule has 3 heteroatoms. The number of amides is 1. The maximum absolute atomic E-state index is 11.5. The quantitative estimate of drug-likeness (QED) is 0.649. The predicted molar refractivity (Wildman–Crippen MR) is 49.9 cm³/mol. The molecule has 0 radical (unpaired) electrons. The average molecular weight is 180 g/mol. The summed E-state index contributed by atoms with van der Waals surface area (Å²) in [6, 6.07) is 2.61. The number of carbonyl (C=O) groups excluding carboxylic acids is 1. The Labute approximate surface area is 79.3 Å². The van der Waals surface area contributed by atoms with Crippen LogP contribution in [0.3, 0.4) is 0 Å². The number of carbonyl (C=O) groups is 1. The number of hydrogen-bond acceptors (Lipinski definition) is 2. The molecular formula is C10H16N2O. The summed E-state index contributed by atoms with van der Waals surface area (Å²) in [4.78, 5) is 13.4. The fourth-order valence-corrected chi connectivity index (χ4v) is 2.08. The fraction of sp³-hybridized carbons (Fsp3) is 0.800. The van der Waals surface area contributed by atoms with Gasteiger partial charge in [-0.15, -0.1) is 0 Å². The first-order valence-electron chi connectivity index (χ1n) is 4.88. The summed E-state index contributed by atoms with van der Waals surface area (Å²) in [6.45, 7) is 4.15. The third-order valence-electron chi connectivity index (χ3n) is 2.78. The first-order chi connectivity index (χ1) is 6.20. The lowest BCUT2D eigenvalue weighted by atomic mass is 10.1. The SMILES string of the molecule is CCC1CCC(C)N1C(=O)CC#N. The van der Waals surface area contributed by atoms with Gasteiger partial charge in [-0.1, -0.05) is 6.92 Å². The number of nitrogens with zero attached hydrogens (tertiary/aromatic N) is 2. The van der Waals surface area contributed by atoms with Gasteiger partial charge in [-0.05, 0) is 26.2 Å². The summed E-state index contributed by atoms with van der Waals surface area (Å²) < 4.78 is 0. The lowest BCUT2D eigenvalue weighted by Gasteiger charge is -2.27. The zero-order chi connectivity index (χ0) is 9.84. The number of hydrogen-bond donors (Lipinski definition) is 0. The highest BCUT2D eigenvalue weighted by Crippen LogP contribution is 2.26. The highest BCUT2D eigenvalue weighted by atomic mass is 16.2. The van der Waals surface area contributed by atoms with E-state index in [1.165, 1.54) is 0 Å². The Kier molecular flexibility index (Phi) is 3.30. The van der Waals surface area contributed by atoms with Gasteiger partial charge in [-0.2, -0.15) is 5.26 Å². The molecular weight excluding hydrogens is 164 g/mol. The number of nitriles is 1. The minimum Gasteiger partial charge on any atom is -0.336 e. The van der Waals surface area contributed by atoms with E-state index in [2.05, 4.69) is 13.8 Å². The van der Waals surface area contributed by atoms with Crippen molar-refractivity contribution in [1.29, 1.82) is 5.26 Å². The molecule has 13 heavy (non-hydrogen) atoms. The van der Waals surface area contributed by atoms with Crippen LogP contribution in [0.15, 0.2) is 0 Å². The molecule has 0 aromatic carbocycles. The van der Waals surface area contributed by atoms with Crippen molar-refractivity contribution >= 4 is 5.91 Å². The molecule has 0 saturated carbocycles. The van der Waals surface area contributed by atoms with E-state index >= 15 is 0 Å². The summed E-state index contributed by atoms with van der Waals surface area (Å²) in [7, 11) is 0. The van der Waals surface area contributed by atoms with Crippen LogP contribution in [-0.4, -0.2) is 22.9 Å². The van der Waals surface area contributed by atoms with Gasteiger partial charge in [-0.25, -0.2) is 0 Å². The van der Waals surface area contributed by atoms with E-state index in [0.29, 0.717) is 12.1 Å². The van der Waals surface area contributed by atoms with Gasteiger partial charge in [0.1, 0.15) is 6.42 Å². The lowest BCUT2D eigenvalue weighted by Crippen LogP contribution is -2.39.